The lowest BCUT2D eigenvalue weighted by Gasteiger charge is -2.22. The fourth-order valence-corrected chi connectivity index (χ4v) is 6.27. The van der Waals surface area contributed by atoms with E-state index in [4.69, 9.17) is 19.9 Å². The van der Waals surface area contributed by atoms with E-state index in [1.54, 1.807) is 12.1 Å². The lowest BCUT2D eigenvalue weighted by molar-refractivity contribution is -0.924. The van der Waals surface area contributed by atoms with Gasteiger partial charge in [-0.1, -0.05) is 24.3 Å². The fourth-order valence-electron chi connectivity index (χ4n) is 6.27. The van der Waals surface area contributed by atoms with Crippen molar-refractivity contribution in [2.45, 2.75) is 39.3 Å². The molecule has 9 rings (SSSR count). The Kier molecular flexibility index (Phi) is 7.13. The van der Waals surface area contributed by atoms with Crippen molar-refractivity contribution in [3.05, 3.63) is 143 Å². The molecule has 3 aliphatic heterocycles. The smallest absolute Gasteiger partial charge is 0.284 e. The molecule has 3 aliphatic rings. The maximum Gasteiger partial charge on any atom is 0.333 e. The van der Waals surface area contributed by atoms with Crippen LogP contribution in [0, 0.1) is 0 Å². The minimum atomic E-state index is 0.391. The van der Waals surface area contributed by atoms with Crippen molar-refractivity contribution < 1.29 is 19.9 Å². The molecular weight excluding hydrogens is 576 g/mol. The standard InChI is InChI=1S/C36H32N8O2/c45-43-29-11-5-17-35(43)36-18-6-12-30(44(36)46)24-42-21-26-8-2-14-32(38-26)31-13-1-7-25(37-31)19-41(23-29)20-27-9-3-15-33(39-27)34-16-4-10-28(22-42)40-34/h1-18,45-46H,19-24H2/q+2. The highest BCUT2D eigenvalue weighted by Gasteiger charge is 2.31. The molecule has 0 saturated carbocycles. The maximum absolute atomic E-state index is 11.6. The molecule has 0 saturated heterocycles. The number of rotatable bonds is 0. The molecule has 46 heavy (non-hydrogen) atoms. The van der Waals surface area contributed by atoms with Crippen LogP contribution >= 0.6 is 0 Å². The Hall–Kier alpha value is -5.58. The third kappa shape index (κ3) is 5.55. The van der Waals surface area contributed by atoms with Gasteiger partial charge in [0.2, 0.25) is 11.4 Å². The van der Waals surface area contributed by atoms with Crippen LogP contribution in [-0.2, 0) is 39.3 Å². The quantitative estimate of drug-likeness (QED) is 0.194. The zero-order valence-corrected chi connectivity index (χ0v) is 25.1. The summed E-state index contributed by atoms with van der Waals surface area (Å²) in [5.41, 5.74) is 8.93. The van der Waals surface area contributed by atoms with E-state index in [1.165, 1.54) is 9.46 Å². The van der Waals surface area contributed by atoms with E-state index < -0.39 is 0 Å². The molecule has 0 fully saturated rings. The molecule has 14 bridgehead atoms. The van der Waals surface area contributed by atoms with Crippen molar-refractivity contribution in [3.8, 4) is 34.2 Å². The zero-order valence-electron chi connectivity index (χ0n) is 25.1. The highest BCUT2D eigenvalue weighted by molar-refractivity contribution is 5.55. The van der Waals surface area contributed by atoms with Crippen molar-refractivity contribution in [1.29, 1.82) is 0 Å². The molecule has 6 aromatic heterocycles. The van der Waals surface area contributed by atoms with Crippen LogP contribution < -0.4 is 9.46 Å². The molecule has 10 heteroatoms. The number of nitrogens with zero attached hydrogens (tertiary/aromatic N) is 8. The van der Waals surface area contributed by atoms with Gasteiger partial charge in [0, 0.05) is 59.9 Å². The number of aromatic nitrogens is 6. The number of pyridine rings is 6. The Morgan fingerprint density at radius 1 is 0.391 bits per heavy atom. The van der Waals surface area contributed by atoms with Gasteiger partial charge < -0.3 is 0 Å². The van der Waals surface area contributed by atoms with Gasteiger partial charge >= 0.3 is 11.4 Å². The van der Waals surface area contributed by atoms with E-state index in [0.29, 0.717) is 62.0 Å². The highest BCUT2D eigenvalue weighted by atomic mass is 16.5. The molecule has 2 N–H and O–H groups in total. The van der Waals surface area contributed by atoms with E-state index in [-0.39, 0.29) is 0 Å². The van der Waals surface area contributed by atoms with Crippen LogP contribution in [0.1, 0.15) is 34.2 Å². The largest absolute Gasteiger partial charge is 0.333 e. The van der Waals surface area contributed by atoms with Crippen molar-refractivity contribution >= 4 is 0 Å². The first-order valence-electron chi connectivity index (χ1n) is 15.3. The summed E-state index contributed by atoms with van der Waals surface area (Å²) >= 11 is 0. The minimum Gasteiger partial charge on any atom is -0.284 e. The van der Waals surface area contributed by atoms with E-state index in [1.807, 2.05) is 97.1 Å². The van der Waals surface area contributed by atoms with Crippen molar-refractivity contribution in [2.24, 2.45) is 0 Å². The monoisotopic (exact) mass is 608 g/mol. The Balaban J connectivity index is 1.37. The Morgan fingerprint density at radius 2 is 0.696 bits per heavy atom. The van der Waals surface area contributed by atoms with Gasteiger partial charge in [-0.3, -0.25) is 20.2 Å². The van der Waals surface area contributed by atoms with Crippen LogP contribution in [0.2, 0.25) is 0 Å². The Morgan fingerprint density at radius 3 is 1.02 bits per heavy atom. The van der Waals surface area contributed by atoms with Crippen molar-refractivity contribution in [3.63, 3.8) is 0 Å². The summed E-state index contributed by atoms with van der Waals surface area (Å²) in [5.74, 6) is 0. The van der Waals surface area contributed by atoms with Crippen LogP contribution in [0.5, 0.6) is 0 Å². The lowest BCUT2D eigenvalue weighted by atomic mass is 10.1. The van der Waals surface area contributed by atoms with Gasteiger partial charge in [0.15, 0.2) is 0 Å². The molecule has 0 spiro atoms. The summed E-state index contributed by atoms with van der Waals surface area (Å²) in [7, 11) is 0. The van der Waals surface area contributed by atoms with Gasteiger partial charge in [0.1, 0.15) is 0 Å². The summed E-state index contributed by atoms with van der Waals surface area (Å²) in [5, 5.41) is 23.2. The summed E-state index contributed by atoms with van der Waals surface area (Å²) in [6, 6.07) is 35.3. The Bertz CT molecular complexity index is 1840. The Labute approximate surface area is 266 Å². The second-order valence-corrected chi connectivity index (χ2v) is 11.8. The van der Waals surface area contributed by atoms with E-state index in [9.17, 15) is 10.4 Å². The summed E-state index contributed by atoms with van der Waals surface area (Å²) in [6.07, 6.45) is 0. The van der Waals surface area contributed by atoms with Crippen LogP contribution in [0.15, 0.2) is 109 Å². The molecule has 0 unspecified atom stereocenters. The molecule has 226 valence electrons. The summed E-state index contributed by atoms with van der Waals surface area (Å²) < 4.78 is 2.33. The number of hydrogen-bond donors (Lipinski definition) is 2. The topological polar surface area (TPSA) is 106 Å². The second-order valence-electron chi connectivity index (χ2n) is 11.8. The summed E-state index contributed by atoms with van der Waals surface area (Å²) in [6.45, 7) is 2.79. The van der Waals surface area contributed by atoms with Gasteiger partial charge in [-0.05, 0) is 60.7 Å². The van der Waals surface area contributed by atoms with Gasteiger partial charge in [-0.2, -0.15) is 0 Å². The number of hydrogen-bond acceptors (Lipinski definition) is 8. The molecule has 0 radical (unpaired) electrons. The van der Waals surface area contributed by atoms with Crippen LogP contribution in [-0.4, -0.2) is 40.2 Å². The third-order valence-electron chi connectivity index (χ3n) is 8.41. The predicted molar refractivity (Wildman–Crippen MR) is 167 cm³/mol. The van der Waals surface area contributed by atoms with E-state index in [2.05, 4.69) is 9.80 Å². The normalized spacial score (nSPS) is 17.2. The first kappa shape index (κ1) is 27.9. The first-order chi connectivity index (χ1) is 22.6. The average Bonchev–Trinajstić information content (AvgIpc) is 3.07. The van der Waals surface area contributed by atoms with Crippen LogP contribution in [0.4, 0.5) is 0 Å². The fraction of sp³-hybridized carbons (Fsp3) is 0.167. The molecule has 0 aromatic carbocycles. The van der Waals surface area contributed by atoms with Crippen molar-refractivity contribution in [2.75, 3.05) is 0 Å². The second kappa shape index (κ2) is 11.7. The maximum atomic E-state index is 11.6. The van der Waals surface area contributed by atoms with Crippen LogP contribution in [0.3, 0.4) is 0 Å². The van der Waals surface area contributed by atoms with Gasteiger partial charge in [0.05, 0.1) is 58.6 Å². The molecular formula is C36H32N8O2+2. The van der Waals surface area contributed by atoms with Gasteiger partial charge in [0.25, 0.3) is 0 Å². The SMILES string of the molecule is O[n+]1c2cccc1-c1cccc([n+]1O)CN1Cc3cccc(n3)-c3cccc(n3)CN(Cc3cccc(n3)-c3cccc(n3)C1)C2. The molecule has 10 nitrogen and oxygen atoms in total. The van der Waals surface area contributed by atoms with E-state index >= 15 is 0 Å². The lowest BCUT2D eigenvalue weighted by Crippen LogP contribution is -2.46. The average molecular weight is 609 g/mol. The highest BCUT2D eigenvalue weighted by Crippen LogP contribution is 2.23. The molecule has 0 atom stereocenters. The first-order valence-corrected chi connectivity index (χ1v) is 15.3. The van der Waals surface area contributed by atoms with Gasteiger partial charge in [-0.25, -0.2) is 19.9 Å². The molecule has 6 aromatic rings. The minimum absolute atomic E-state index is 0.391. The molecule has 0 amide bonds. The van der Waals surface area contributed by atoms with Crippen molar-refractivity contribution in [1.82, 2.24) is 29.7 Å². The third-order valence-corrected chi connectivity index (χ3v) is 8.41. The zero-order chi connectivity index (χ0) is 31.0. The van der Waals surface area contributed by atoms with E-state index in [0.717, 1.165) is 45.6 Å². The van der Waals surface area contributed by atoms with Gasteiger partial charge in [-0.15, -0.1) is 0 Å². The molecule has 9 heterocycles. The van der Waals surface area contributed by atoms with Crippen LogP contribution in [0.25, 0.3) is 34.2 Å². The summed E-state index contributed by atoms with van der Waals surface area (Å²) in [4.78, 5) is 24.5. The molecule has 0 aliphatic carbocycles. The predicted octanol–water partition coefficient (Wildman–Crippen LogP) is 4.35.